The number of benzene rings is 1. The van der Waals surface area contributed by atoms with Gasteiger partial charge in [0.1, 0.15) is 0 Å². The number of nitrogens with one attached hydrogen (secondary N) is 1. The highest BCUT2D eigenvalue weighted by molar-refractivity contribution is 6.22. The predicted octanol–water partition coefficient (Wildman–Crippen LogP) is 2.33. The first-order valence-corrected chi connectivity index (χ1v) is 9.03. The molecule has 1 aromatic carbocycles. The Bertz CT molecular complexity index is 707. The second-order valence-electron chi connectivity index (χ2n) is 6.75. The highest BCUT2D eigenvalue weighted by atomic mass is 35.5. The Kier molecular flexibility index (Phi) is 6.78. The fourth-order valence-electron chi connectivity index (χ4n) is 3.52. The van der Waals surface area contributed by atoms with Crippen LogP contribution in [0.1, 0.15) is 63.7 Å². The van der Waals surface area contributed by atoms with E-state index in [9.17, 15) is 14.4 Å². The third kappa shape index (κ3) is 3.76. The van der Waals surface area contributed by atoms with Crippen molar-refractivity contribution in [1.82, 2.24) is 15.1 Å². The molecule has 2 aliphatic heterocycles. The molecule has 1 saturated heterocycles. The molecule has 0 aliphatic carbocycles. The van der Waals surface area contributed by atoms with Crippen LogP contribution in [0, 0.1) is 0 Å². The van der Waals surface area contributed by atoms with Crippen LogP contribution in [-0.4, -0.2) is 60.2 Å². The zero-order valence-electron chi connectivity index (χ0n) is 15.3. The second kappa shape index (κ2) is 8.64. The molecule has 142 valence electrons. The summed E-state index contributed by atoms with van der Waals surface area (Å²) in [6.07, 6.45) is 3.73. The highest BCUT2D eigenvalue weighted by Crippen LogP contribution is 2.25. The number of carbonyl (C=O) groups is 3. The van der Waals surface area contributed by atoms with E-state index in [2.05, 4.69) is 5.32 Å². The molecule has 1 N–H and O–H groups in total. The lowest BCUT2D eigenvalue weighted by Gasteiger charge is -2.32. The largest absolute Gasteiger partial charge is 0.337 e. The topological polar surface area (TPSA) is 69.7 Å². The van der Waals surface area contributed by atoms with Gasteiger partial charge in [-0.15, -0.1) is 12.4 Å². The van der Waals surface area contributed by atoms with Gasteiger partial charge in [-0.1, -0.05) is 13.3 Å². The zero-order valence-corrected chi connectivity index (χ0v) is 16.1. The van der Waals surface area contributed by atoms with Crippen molar-refractivity contribution in [2.75, 3.05) is 26.7 Å². The third-order valence-corrected chi connectivity index (χ3v) is 5.07. The van der Waals surface area contributed by atoms with Crippen molar-refractivity contribution in [3.8, 4) is 0 Å². The van der Waals surface area contributed by atoms with Crippen LogP contribution >= 0.6 is 12.4 Å². The van der Waals surface area contributed by atoms with Gasteiger partial charge in [0.15, 0.2) is 0 Å². The number of fused-ring (bicyclic) bond motifs is 1. The normalized spacial score (nSPS) is 19.4. The maximum Gasteiger partial charge on any atom is 0.261 e. The second-order valence-corrected chi connectivity index (χ2v) is 6.75. The molecule has 3 amide bonds. The Balaban J connectivity index is 0.00000243. The van der Waals surface area contributed by atoms with Crippen molar-refractivity contribution in [3.63, 3.8) is 0 Å². The Labute approximate surface area is 160 Å². The maximum atomic E-state index is 12.8. The molecule has 3 rings (SSSR count). The molecule has 0 spiro atoms. The van der Waals surface area contributed by atoms with Crippen LogP contribution in [0.15, 0.2) is 18.2 Å². The molecule has 0 aromatic heterocycles. The number of halogens is 1. The van der Waals surface area contributed by atoms with Gasteiger partial charge in [0.25, 0.3) is 17.7 Å². The lowest BCUT2D eigenvalue weighted by Crippen LogP contribution is -2.47. The summed E-state index contributed by atoms with van der Waals surface area (Å²) in [6, 6.07) is 5.18. The minimum atomic E-state index is -0.283. The molecule has 0 bridgehead atoms. The number of unbranched alkanes of at least 4 members (excludes halogenated alkanes) is 1. The summed E-state index contributed by atoms with van der Waals surface area (Å²) < 4.78 is 0. The maximum absolute atomic E-state index is 12.8. The SMILES string of the molecule is CCCCN1C(=O)c2ccc(C(=O)N3CCCC(NC)C3)cc2C1=O.Cl. The average Bonchev–Trinajstić information content (AvgIpc) is 2.89. The van der Waals surface area contributed by atoms with E-state index in [1.165, 1.54) is 4.90 Å². The number of nitrogens with zero attached hydrogens (tertiary/aromatic N) is 2. The molecule has 26 heavy (non-hydrogen) atoms. The number of hydrogen-bond donors (Lipinski definition) is 1. The van der Waals surface area contributed by atoms with Crippen molar-refractivity contribution in [1.29, 1.82) is 0 Å². The molecule has 6 nitrogen and oxygen atoms in total. The van der Waals surface area contributed by atoms with Crippen molar-refractivity contribution >= 4 is 30.1 Å². The molecule has 1 aromatic rings. The number of piperidine rings is 1. The molecule has 1 atom stereocenters. The van der Waals surface area contributed by atoms with Crippen LogP contribution < -0.4 is 5.32 Å². The molecule has 2 heterocycles. The van der Waals surface area contributed by atoms with E-state index in [0.29, 0.717) is 35.8 Å². The summed E-state index contributed by atoms with van der Waals surface area (Å²) in [5.74, 6) is -0.606. The minimum Gasteiger partial charge on any atom is -0.337 e. The summed E-state index contributed by atoms with van der Waals surface area (Å²) in [6.45, 7) is 3.85. The first-order chi connectivity index (χ1) is 12.1. The van der Waals surface area contributed by atoms with Crippen molar-refractivity contribution in [2.45, 2.75) is 38.6 Å². The number of hydrogen-bond acceptors (Lipinski definition) is 4. The van der Waals surface area contributed by atoms with E-state index in [0.717, 1.165) is 32.2 Å². The lowest BCUT2D eigenvalue weighted by molar-refractivity contribution is 0.0651. The summed E-state index contributed by atoms with van der Waals surface area (Å²) >= 11 is 0. The Morgan fingerprint density at radius 1 is 1.23 bits per heavy atom. The first-order valence-electron chi connectivity index (χ1n) is 9.03. The van der Waals surface area contributed by atoms with Crippen LogP contribution in [-0.2, 0) is 0 Å². The first kappa shape index (κ1) is 20.4. The van der Waals surface area contributed by atoms with Crippen LogP contribution in [0.2, 0.25) is 0 Å². The van der Waals surface area contributed by atoms with Gasteiger partial charge >= 0.3 is 0 Å². The van der Waals surface area contributed by atoms with Crippen LogP contribution in [0.25, 0.3) is 0 Å². The van der Waals surface area contributed by atoms with E-state index in [4.69, 9.17) is 0 Å². The molecule has 7 heteroatoms. The van der Waals surface area contributed by atoms with E-state index in [1.807, 2.05) is 18.9 Å². The molecular weight excluding hydrogens is 354 g/mol. The van der Waals surface area contributed by atoms with E-state index >= 15 is 0 Å². The van der Waals surface area contributed by atoms with Crippen LogP contribution in [0.3, 0.4) is 0 Å². The standard InChI is InChI=1S/C19H25N3O3.ClH/c1-3-4-10-22-18(24)15-8-7-13(11-16(15)19(22)25)17(23)21-9-5-6-14(12-21)20-2;/h7-8,11,14,20H,3-6,9-10,12H2,1-2H3;1H. The Hall–Kier alpha value is -1.92. The molecule has 1 unspecified atom stereocenters. The zero-order chi connectivity index (χ0) is 18.0. The number of rotatable bonds is 5. The van der Waals surface area contributed by atoms with Crippen LogP contribution in [0.5, 0.6) is 0 Å². The molecule has 0 saturated carbocycles. The molecule has 1 fully saturated rings. The summed E-state index contributed by atoms with van der Waals surface area (Å²) in [5, 5.41) is 3.22. The van der Waals surface area contributed by atoms with Crippen molar-refractivity contribution in [3.05, 3.63) is 34.9 Å². The Morgan fingerprint density at radius 3 is 2.65 bits per heavy atom. The minimum absolute atomic E-state index is 0. The predicted molar refractivity (Wildman–Crippen MR) is 102 cm³/mol. The average molecular weight is 380 g/mol. The van der Waals surface area contributed by atoms with E-state index in [-0.39, 0.29) is 30.1 Å². The number of likely N-dealkylation sites (tertiary alicyclic amines) is 1. The fourth-order valence-corrected chi connectivity index (χ4v) is 3.52. The summed E-state index contributed by atoms with van der Waals surface area (Å²) in [4.78, 5) is 40.8. The molecule has 0 radical (unpaired) electrons. The van der Waals surface area contributed by atoms with Gasteiger partial charge in [-0.2, -0.15) is 0 Å². The molecule has 2 aliphatic rings. The third-order valence-electron chi connectivity index (χ3n) is 5.07. The quantitative estimate of drug-likeness (QED) is 0.797. The highest BCUT2D eigenvalue weighted by Gasteiger charge is 2.36. The van der Waals surface area contributed by atoms with Gasteiger partial charge in [0, 0.05) is 31.2 Å². The number of likely N-dealkylation sites (N-methyl/N-ethyl adjacent to an activating group) is 1. The van der Waals surface area contributed by atoms with Gasteiger partial charge in [-0.3, -0.25) is 19.3 Å². The fraction of sp³-hybridized carbons (Fsp3) is 0.526. The number of amides is 3. The van der Waals surface area contributed by atoms with Gasteiger partial charge in [-0.25, -0.2) is 0 Å². The van der Waals surface area contributed by atoms with Crippen molar-refractivity contribution in [2.24, 2.45) is 0 Å². The lowest BCUT2D eigenvalue weighted by atomic mass is 10.0. The van der Waals surface area contributed by atoms with Crippen molar-refractivity contribution < 1.29 is 14.4 Å². The Morgan fingerprint density at radius 2 is 1.96 bits per heavy atom. The summed E-state index contributed by atoms with van der Waals surface area (Å²) in [5.41, 5.74) is 1.24. The monoisotopic (exact) mass is 379 g/mol. The number of imide groups is 1. The van der Waals surface area contributed by atoms with E-state index in [1.54, 1.807) is 18.2 Å². The molecular formula is C19H26ClN3O3. The van der Waals surface area contributed by atoms with Crippen LogP contribution in [0.4, 0.5) is 0 Å². The smallest absolute Gasteiger partial charge is 0.261 e. The summed E-state index contributed by atoms with van der Waals surface area (Å²) in [7, 11) is 1.91. The van der Waals surface area contributed by atoms with E-state index < -0.39 is 0 Å². The van der Waals surface area contributed by atoms with Gasteiger partial charge in [0.2, 0.25) is 0 Å². The van der Waals surface area contributed by atoms with Gasteiger partial charge in [-0.05, 0) is 44.5 Å². The number of carbonyl (C=O) groups excluding carboxylic acids is 3. The van der Waals surface area contributed by atoms with Gasteiger partial charge < -0.3 is 10.2 Å². The van der Waals surface area contributed by atoms with Gasteiger partial charge in [0.05, 0.1) is 11.1 Å².